The summed E-state index contributed by atoms with van der Waals surface area (Å²) in [5.41, 5.74) is -0.568. The van der Waals surface area contributed by atoms with E-state index in [0.29, 0.717) is 12.8 Å². The van der Waals surface area contributed by atoms with Gasteiger partial charge in [-0.1, -0.05) is 30.9 Å². The van der Waals surface area contributed by atoms with Gasteiger partial charge in [0.2, 0.25) is 0 Å². The lowest BCUT2D eigenvalue weighted by Gasteiger charge is -2.38. The number of esters is 1. The Hall–Kier alpha value is -2.13. The van der Waals surface area contributed by atoms with Crippen molar-refractivity contribution in [1.82, 2.24) is 9.88 Å². The van der Waals surface area contributed by atoms with Gasteiger partial charge in [-0.15, -0.1) is 0 Å². The Bertz CT molecular complexity index is 618. The summed E-state index contributed by atoms with van der Waals surface area (Å²) in [5, 5.41) is 9.74. The molecule has 0 bridgehead atoms. The van der Waals surface area contributed by atoms with Crippen LogP contribution in [0.1, 0.15) is 42.5 Å². The summed E-state index contributed by atoms with van der Waals surface area (Å²) in [5.74, 6) is -1.03. The third-order valence-corrected chi connectivity index (χ3v) is 4.42. The second-order valence-corrected chi connectivity index (χ2v) is 5.99. The molecule has 0 N–H and O–H groups in total. The highest BCUT2D eigenvalue weighted by atomic mass is 35.5. The third-order valence-electron chi connectivity index (χ3n) is 4.19. The van der Waals surface area contributed by atoms with Crippen LogP contribution in [0, 0.1) is 11.3 Å². The third kappa shape index (κ3) is 3.99. The number of aromatic nitrogens is 1. The number of rotatable bonds is 4. The number of hydrogen-bond donors (Lipinski definition) is 0. The number of pyridine rings is 1. The molecule has 0 unspecified atom stereocenters. The second-order valence-electron chi connectivity index (χ2n) is 5.60. The maximum Gasteiger partial charge on any atom is 0.340 e. The normalized spacial score (nSPS) is 16.2. The van der Waals surface area contributed by atoms with Crippen molar-refractivity contribution in [2.45, 2.75) is 37.6 Å². The molecule has 1 aromatic rings. The van der Waals surface area contributed by atoms with Gasteiger partial charge in [0.15, 0.2) is 6.61 Å². The van der Waals surface area contributed by atoms with Crippen molar-refractivity contribution < 1.29 is 14.3 Å². The fourth-order valence-electron chi connectivity index (χ4n) is 2.70. The first kappa shape index (κ1) is 17.2. The zero-order chi connectivity index (χ0) is 16.9. The average Bonchev–Trinajstić information content (AvgIpc) is 2.59. The van der Waals surface area contributed by atoms with Crippen LogP contribution in [-0.2, 0) is 9.53 Å². The smallest absolute Gasteiger partial charge is 0.340 e. The number of ether oxygens (including phenoxy) is 1. The van der Waals surface area contributed by atoms with E-state index in [1.54, 1.807) is 7.05 Å². The van der Waals surface area contributed by atoms with Crippen molar-refractivity contribution >= 4 is 23.5 Å². The highest BCUT2D eigenvalue weighted by molar-refractivity contribution is 6.29. The Kier molecular flexibility index (Phi) is 5.56. The molecule has 1 aromatic heterocycles. The van der Waals surface area contributed by atoms with Gasteiger partial charge in [0.25, 0.3) is 5.91 Å². The largest absolute Gasteiger partial charge is 0.452 e. The summed E-state index contributed by atoms with van der Waals surface area (Å²) in [6, 6.07) is 5.21. The summed E-state index contributed by atoms with van der Waals surface area (Å²) in [6.07, 6.45) is 5.51. The molecule has 0 atom stereocenters. The summed E-state index contributed by atoms with van der Waals surface area (Å²) in [4.78, 5) is 29.3. The van der Waals surface area contributed by atoms with E-state index in [2.05, 4.69) is 11.1 Å². The van der Waals surface area contributed by atoms with Crippen molar-refractivity contribution in [3.8, 4) is 6.07 Å². The quantitative estimate of drug-likeness (QED) is 0.623. The van der Waals surface area contributed by atoms with Gasteiger partial charge < -0.3 is 9.64 Å². The Morgan fingerprint density at radius 2 is 2.09 bits per heavy atom. The van der Waals surface area contributed by atoms with Crippen LogP contribution in [-0.4, -0.2) is 41.0 Å². The minimum Gasteiger partial charge on any atom is -0.452 e. The van der Waals surface area contributed by atoms with Crippen molar-refractivity contribution in [1.29, 1.82) is 5.26 Å². The number of nitrogens with zero attached hydrogens (tertiary/aromatic N) is 3. The predicted octanol–water partition coefficient (Wildman–Crippen LogP) is 2.58. The van der Waals surface area contributed by atoms with E-state index in [-0.39, 0.29) is 16.6 Å². The molecule has 0 spiro atoms. The molecule has 0 saturated heterocycles. The van der Waals surface area contributed by atoms with E-state index in [9.17, 15) is 14.9 Å². The molecule has 1 amide bonds. The minimum absolute atomic E-state index is 0.220. The highest BCUT2D eigenvalue weighted by Gasteiger charge is 2.38. The summed E-state index contributed by atoms with van der Waals surface area (Å²) in [7, 11) is 1.59. The Morgan fingerprint density at radius 3 is 2.65 bits per heavy atom. The van der Waals surface area contributed by atoms with Crippen LogP contribution >= 0.6 is 11.6 Å². The number of carbonyl (C=O) groups excluding carboxylic acids is 2. The van der Waals surface area contributed by atoms with Gasteiger partial charge in [-0.3, -0.25) is 4.79 Å². The minimum atomic E-state index is -0.788. The topological polar surface area (TPSA) is 83.3 Å². The molecule has 0 radical (unpaired) electrons. The molecule has 1 aliphatic rings. The fourth-order valence-corrected chi connectivity index (χ4v) is 2.81. The van der Waals surface area contributed by atoms with Gasteiger partial charge in [-0.2, -0.15) is 5.26 Å². The zero-order valence-electron chi connectivity index (χ0n) is 12.9. The molecule has 23 heavy (non-hydrogen) atoms. The van der Waals surface area contributed by atoms with Crippen LogP contribution in [0.4, 0.5) is 0 Å². The second kappa shape index (κ2) is 7.42. The maximum atomic E-state index is 12.3. The summed E-state index contributed by atoms with van der Waals surface area (Å²) >= 11 is 5.65. The van der Waals surface area contributed by atoms with E-state index < -0.39 is 18.1 Å². The number of amides is 1. The number of nitriles is 1. The van der Waals surface area contributed by atoms with Gasteiger partial charge in [-0.25, -0.2) is 9.78 Å². The standard InChI is InChI=1S/C16H18ClN3O3/c1-20(16(11-18)7-3-2-4-8-16)14(21)10-23-15(22)12-5-6-13(17)19-9-12/h5-6,9H,2-4,7-8,10H2,1H3. The van der Waals surface area contributed by atoms with Crippen LogP contribution in [0.5, 0.6) is 0 Å². The molecular formula is C16H18ClN3O3. The Balaban J connectivity index is 1.94. The number of likely N-dealkylation sites (N-methyl/N-ethyl adjacent to an activating group) is 1. The molecule has 1 fully saturated rings. The van der Waals surface area contributed by atoms with Crippen LogP contribution in [0.15, 0.2) is 18.3 Å². The molecule has 0 aromatic carbocycles. The first-order valence-electron chi connectivity index (χ1n) is 7.45. The van der Waals surface area contributed by atoms with Gasteiger partial charge in [0.05, 0.1) is 11.6 Å². The highest BCUT2D eigenvalue weighted by Crippen LogP contribution is 2.32. The van der Waals surface area contributed by atoms with E-state index in [1.807, 2.05) is 0 Å². The molecule has 6 nitrogen and oxygen atoms in total. The monoisotopic (exact) mass is 335 g/mol. The Morgan fingerprint density at radius 1 is 1.39 bits per heavy atom. The van der Waals surface area contributed by atoms with E-state index in [4.69, 9.17) is 16.3 Å². The number of hydrogen-bond acceptors (Lipinski definition) is 5. The van der Waals surface area contributed by atoms with Crippen LogP contribution in [0.25, 0.3) is 0 Å². The lowest BCUT2D eigenvalue weighted by molar-refractivity contribution is -0.138. The van der Waals surface area contributed by atoms with Gasteiger partial charge in [0.1, 0.15) is 10.7 Å². The lowest BCUT2D eigenvalue weighted by atomic mass is 9.81. The number of halogens is 1. The number of carbonyl (C=O) groups is 2. The summed E-state index contributed by atoms with van der Waals surface area (Å²) < 4.78 is 5.01. The van der Waals surface area contributed by atoms with Gasteiger partial charge >= 0.3 is 5.97 Å². The van der Waals surface area contributed by atoms with Crippen molar-refractivity contribution in [2.24, 2.45) is 0 Å². The summed E-state index contributed by atoms with van der Waals surface area (Å²) in [6.45, 7) is -0.401. The van der Waals surface area contributed by atoms with Crippen molar-refractivity contribution in [3.63, 3.8) is 0 Å². The molecular weight excluding hydrogens is 318 g/mol. The molecule has 122 valence electrons. The molecule has 1 heterocycles. The predicted molar refractivity (Wildman–Crippen MR) is 83.7 cm³/mol. The molecule has 1 aliphatic carbocycles. The van der Waals surface area contributed by atoms with E-state index in [0.717, 1.165) is 19.3 Å². The first-order valence-corrected chi connectivity index (χ1v) is 7.83. The molecule has 2 rings (SSSR count). The van der Waals surface area contributed by atoms with Crippen molar-refractivity contribution in [3.05, 3.63) is 29.0 Å². The zero-order valence-corrected chi connectivity index (χ0v) is 13.7. The lowest BCUT2D eigenvalue weighted by Crippen LogP contribution is -2.51. The molecule has 7 heteroatoms. The molecule has 0 aliphatic heterocycles. The van der Waals surface area contributed by atoms with E-state index >= 15 is 0 Å². The van der Waals surface area contributed by atoms with Gasteiger partial charge in [-0.05, 0) is 25.0 Å². The maximum absolute atomic E-state index is 12.3. The Labute approximate surface area is 140 Å². The van der Waals surface area contributed by atoms with Crippen molar-refractivity contribution in [2.75, 3.05) is 13.7 Å². The average molecular weight is 336 g/mol. The molecule has 1 saturated carbocycles. The first-order chi connectivity index (χ1) is 11.0. The van der Waals surface area contributed by atoms with Crippen LogP contribution in [0.2, 0.25) is 5.15 Å². The van der Waals surface area contributed by atoms with Crippen LogP contribution in [0.3, 0.4) is 0 Å². The van der Waals surface area contributed by atoms with Crippen LogP contribution < -0.4 is 0 Å². The van der Waals surface area contributed by atoms with Gasteiger partial charge in [0, 0.05) is 13.2 Å². The SMILES string of the molecule is CN(C(=O)COC(=O)c1ccc(Cl)nc1)C1(C#N)CCCCC1. The van der Waals surface area contributed by atoms with E-state index in [1.165, 1.54) is 23.2 Å². The fraction of sp³-hybridized carbons (Fsp3) is 0.500.